The lowest BCUT2D eigenvalue weighted by atomic mass is 9.87. The Balaban J connectivity index is 1.70. The molecular weight excluding hydrogens is 278 g/mol. The van der Waals surface area contributed by atoms with E-state index in [1.807, 2.05) is 0 Å². The molecule has 0 bridgehead atoms. The molecule has 0 aliphatic carbocycles. The zero-order valence-electron chi connectivity index (χ0n) is 11.4. The maximum atomic E-state index is 13.2. The number of aromatic nitrogens is 1. The highest BCUT2D eigenvalue weighted by Gasteiger charge is 2.25. The highest BCUT2D eigenvalue weighted by atomic mass is 19.1. The van der Waals surface area contributed by atoms with Crippen LogP contribution in [0.1, 0.15) is 30.1 Å². The summed E-state index contributed by atoms with van der Waals surface area (Å²) in [5.41, 5.74) is 0.383. The number of nitrogens with one attached hydrogen (secondary N) is 2. The van der Waals surface area contributed by atoms with Gasteiger partial charge in [-0.2, -0.15) is 5.16 Å². The number of rotatable bonds is 3. The van der Waals surface area contributed by atoms with Crippen molar-refractivity contribution in [3.63, 3.8) is 0 Å². The summed E-state index contributed by atoms with van der Waals surface area (Å²) >= 11 is 0. The number of benzene rings is 1. The SMILES string of the molecule is O=c1cc([C@H]2CCN[C@@H](Cc3cc(F)cc(F)c3)C2)o[nH]1. The minimum atomic E-state index is -0.561. The Hall–Kier alpha value is -1.95. The van der Waals surface area contributed by atoms with Crippen LogP contribution in [-0.2, 0) is 6.42 Å². The van der Waals surface area contributed by atoms with Crippen LogP contribution in [0, 0.1) is 11.6 Å². The summed E-state index contributed by atoms with van der Waals surface area (Å²) < 4.78 is 31.6. The van der Waals surface area contributed by atoms with Crippen molar-refractivity contribution in [3.8, 4) is 0 Å². The predicted molar refractivity (Wildman–Crippen MR) is 73.2 cm³/mol. The Morgan fingerprint density at radius 2 is 1.95 bits per heavy atom. The van der Waals surface area contributed by atoms with Crippen molar-refractivity contribution in [2.24, 2.45) is 0 Å². The minimum absolute atomic E-state index is 0.102. The standard InChI is InChI=1S/C15H16F2N2O2/c16-11-3-9(4-12(17)7-11)5-13-6-10(1-2-18-13)14-8-15(20)19-21-14/h3-4,7-8,10,13,18H,1-2,5-6H2,(H,19,20)/t10-,13-/m0/s1. The number of hydrogen-bond donors (Lipinski definition) is 2. The van der Waals surface area contributed by atoms with Crippen LogP contribution in [0.25, 0.3) is 0 Å². The van der Waals surface area contributed by atoms with Crippen LogP contribution >= 0.6 is 0 Å². The first kappa shape index (κ1) is 14.0. The molecule has 1 aliphatic heterocycles. The molecule has 1 aromatic carbocycles. The summed E-state index contributed by atoms with van der Waals surface area (Å²) in [5, 5.41) is 5.63. The largest absolute Gasteiger partial charge is 0.383 e. The van der Waals surface area contributed by atoms with Crippen molar-refractivity contribution >= 4 is 0 Å². The minimum Gasteiger partial charge on any atom is -0.383 e. The molecule has 0 unspecified atom stereocenters. The van der Waals surface area contributed by atoms with Crippen molar-refractivity contribution in [1.29, 1.82) is 0 Å². The second kappa shape index (κ2) is 5.81. The lowest BCUT2D eigenvalue weighted by Gasteiger charge is -2.29. The summed E-state index contributed by atoms with van der Waals surface area (Å²) in [4.78, 5) is 11.1. The number of hydrogen-bond acceptors (Lipinski definition) is 3. The van der Waals surface area contributed by atoms with E-state index in [-0.39, 0.29) is 17.5 Å². The molecule has 0 amide bonds. The number of piperidine rings is 1. The third kappa shape index (κ3) is 3.39. The van der Waals surface area contributed by atoms with E-state index in [1.54, 1.807) is 0 Å². The van der Waals surface area contributed by atoms with E-state index < -0.39 is 11.6 Å². The molecule has 2 N–H and O–H groups in total. The predicted octanol–water partition coefficient (Wildman–Crippen LogP) is 2.32. The smallest absolute Gasteiger partial charge is 0.280 e. The van der Waals surface area contributed by atoms with Crippen LogP contribution in [0.3, 0.4) is 0 Å². The third-order valence-corrected chi connectivity index (χ3v) is 3.84. The molecule has 6 heteroatoms. The summed E-state index contributed by atoms with van der Waals surface area (Å²) in [6.07, 6.45) is 2.17. The highest BCUT2D eigenvalue weighted by Crippen LogP contribution is 2.28. The van der Waals surface area contributed by atoms with E-state index in [0.717, 1.165) is 25.5 Å². The molecule has 2 heterocycles. The summed E-state index contributed by atoms with van der Waals surface area (Å²) in [5.74, 6) is -0.325. The topological polar surface area (TPSA) is 58.0 Å². The lowest BCUT2D eigenvalue weighted by Crippen LogP contribution is -2.38. The normalized spacial score (nSPS) is 22.4. The van der Waals surface area contributed by atoms with Crippen LogP contribution in [0.2, 0.25) is 0 Å². The van der Waals surface area contributed by atoms with Crippen molar-refractivity contribution in [1.82, 2.24) is 10.5 Å². The second-order valence-electron chi connectivity index (χ2n) is 5.47. The van der Waals surface area contributed by atoms with Crippen molar-refractivity contribution < 1.29 is 13.3 Å². The lowest BCUT2D eigenvalue weighted by molar-refractivity contribution is 0.292. The molecule has 1 saturated heterocycles. The Morgan fingerprint density at radius 3 is 2.62 bits per heavy atom. The summed E-state index contributed by atoms with van der Waals surface area (Å²) in [6, 6.07) is 5.14. The third-order valence-electron chi connectivity index (χ3n) is 3.84. The van der Waals surface area contributed by atoms with Gasteiger partial charge in [-0.05, 0) is 43.5 Å². The van der Waals surface area contributed by atoms with E-state index in [4.69, 9.17) is 4.52 Å². The van der Waals surface area contributed by atoms with E-state index in [1.165, 1.54) is 18.2 Å². The van der Waals surface area contributed by atoms with E-state index in [9.17, 15) is 13.6 Å². The average molecular weight is 294 g/mol. The number of halogens is 2. The maximum absolute atomic E-state index is 13.2. The van der Waals surface area contributed by atoms with Crippen LogP contribution in [0.15, 0.2) is 33.6 Å². The van der Waals surface area contributed by atoms with Gasteiger partial charge in [-0.3, -0.25) is 4.79 Å². The van der Waals surface area contributed by atoms with Crippen LogP contribution in [-0.4, -0.2) is 17.7 Å². The van der Waals surface area contributed by atoms with Crippen molar-refractivity contribution in [3.05, 3.63) is 57.6 Å². The second-order valence-corrected chi connectivity index (χ2v) is 5.47. The molecule has 0 saturated carbocycles. The summed E-state index contributed by atoms with van der Waals surface area (Å²) in [6.45, 7) is 0.780. The average Bonchev–Trinajstić information content (AvgIpc) is 2.84. The molecule has 4 nitrogen and oxygen atoms in total. The Labute approximate surface area is 120 Å². The van der Waals surface area contributed by atoms with Gasteiger partial charge in [0.15, 0.2) is 0 Å². The first-order chi connectivity index (χ1) is 10.1. The molecule has 3 rings (SSSR count). The maximum Gasteiger partial charge on any atom is 0.280 e. The van der Waals surface area contributed by atoms with Crippen LogP contribution in [0.4, 0.5) is 8.78 Å². The van der Waals surface area contributed by atoms with Crippen LogP contribution < -0.4 is 10.9 Å². The van der Waals surface area contributed by atoms with Gasteiger partial charge in [0.25, 0.3) is 5.56 Å². The number of aromatic amines is 1. The van der Waals surface area contributed by atoms with Gasteiger partial charge >= 0.3 is 0 Å². The van der Waals surface area contributed by atoms with Crippen molar-refractivity contribution in [2.45, 2.75) is 31.2 Å². The van der Waals surface area contributed by atoms with Crippen molar-refractivity contribution in [2.75, 3.05) is 6.54 Å². The molecule has 0 spiro atoms. The first-order valence-electron chi connectivity index (χ1n) is 6.97. The molecule has 1 aromatic heterocycles. The van der Waals surface area contributed by atoms with Gasteiger partial charge < -0.3 is 9.84 Å². The fraction of sp³-hybridized carbons (Fsp3) is 0.400. The molecule has 21 heavy (non-hydrogen) atoms. The first-order valence-corrected chi connectivity index (χ1v) is 6.97. The Morgan fingerprint density at radius 1 is 1.19 bits per heavy atom. The fourth-order valence-electron chi connectivity index (χ4n) is 2.93. The number of H-pyrrole nitrogens is 1. The van der Waals surface area contributed by atoms with Gasteiger partial charge in [0, 0.05) is 24.1 Å². The molecule has 0 radical (unpaired) electrons. The quantitative estimate of drug-likeness (QED) is 0.913. The molecular formula is C15H16F2N2O2. The van der Waals surface area contributed by atoms with Gasteiger partial charge in [-0.1, -0.05) is 0 Å². The fourth-order valence-corrected chi connectivity index (χ4v) is 2.93. The molecule has 2 aromatic rings. The molecule has 1 fully saturated rings. The van der Waals surface area contributed by atoms with Crippen LogP contribution in [0.5, 0.6) is 0 Å². The zero-order chi connectivity index (χ0) is 14.8. The Bertz CT molecular complexity index is 660. The van der Waals surface area contributed by atoms with E-state index >= 15 is 0 Å². The zero-order valence-corrected chi connectivity index (χ0v) is 11.4. The highest BCUT2D eigenvalue weighted by molar-refractivity contribution is 5.19. The van der Waals surface area contributed by atoms with E-state index in [0.29, 0.717) is 17.7 Å². The molecule has 112 valence electrons. The van der Waals surface area contributed by atoms with Gasteiger partial charge in [-0.25, -0.2) is 8.78 Å². The van der Waals surface area contributed by atoms with Gasteiger partial charge in [0.05, 0.1) is 0 Å². The van der Waals surface area contributed by atoms with Gasteiger partial charge in [-0.15, -0.1) is 0 Å². The summed E-state index contributed by atoms with van der Waals surface area (Å²) in [7, 11) is 0. The monoisotopic (exact) mass is 294 g/mol. The molecule has 1 aliphatic rings. The molecule has 2 atom stereocenters. The van der Waals surface area contributed by atoms with E-state index in [2.05, 4.69) is 10.5 Å². The Kier molecular flexibility index (Phi) is 3.88. The van der Waals surface area contributed by atoms with Gasteiger partial charge in [0.1, 0.15) is 17.4 Å². The van der Waals surface area contributed by atoms with Gasteiger partial charge in [0.2, 0.25) is 0 Å².